The van der Waals surface area contributed by atoms with Crippen LogP contribution in [-0.2, 0) is 6.54 Å². The van der Waals surface area contributed by atoms with Crippen LogP contribution in [0.3, 0.4) is 0 Å². The van der Waals surface area contributed by atoms with Crippen molar-refractivity contribution in [2.75, 3.05) is 20.6 Å². The molecular formula is C13H22FN3. The summed E-state index contributed by atoms with van der Waals surface area (Å²) in [6, 6.07) is 1.92. The van der Waals surface area contributed by atoms with Gasteiger partial charge in [-0.2, -0.15) is 0 Å². The molecule has 1 N–H and O–H groups in total. The van der Waals surface area contributed by atoms with Crippen LogP contribution in [-0.4, -0.2) is 36.6 Å². The van der Waals surface area contributed by atoms with E-state index in [2.05, 4.69) is 43.1 Å². The highest BCUT2D eigenvalue weighted by atomic mass is 19.1. The Balaban J connectivity index is 2.51. The molecule has 0 aliphatic heterocycles. The van der Waals surface area contributed by atoms with Gasteiger partial charge < -0.3 is 10.2 Å². The molecule has 0 bridgehead atoms. The fourth-order valence-electron chi connectivity index (χ4n) is 1.71. The minimum absolute atomic E-state index is 0.280. The molecule has 1 aromatic rings. The van der Waals surface area contributed by atoms with E-state index in [-0.39, 0.29) is 5.82 Å². The van der Waals surface area contributed by atoms with E-state index in [1.54, 1.807) is 6.20 Å². The predicted molar refractivity (Wildman–Crippen MR) is 68.2 cm³/mol. The monoisotopic (exact) mass is 239 g/mol. The Morgan fingerprint density at radius 1 is 1.35 bits per heavy atom. The zero-order valence-electron chi connectivity index (χ0n) is 11.1. The van der Waals surface area contributed by atoms with Crippen molar-refractivity contribution < 1.29 is 4.39 Å². The third-order valence-corrected chi connectivity index (χ3v) is 2.70. The van der Waals surface area contributed by atoms with E-state index in [0.29, 0.717) is 18.5 Å². The number of likely N-dealkylation sites (N-methyl/N-ethyl adjacent to an activating group) is 1. The van der Waals surface area contributed by atoms with E-state index in [1.807, 2.05) is 0 Å². The van der Waals surface area contributed by atoms with Crippen LogP contribution in [0.15, 0.2) is 18.5 Å². The number of aromatic nitrogens is 1. The normalized spacial score (nSPS) is 13.4. The van der Waals surface area contributed by atoms with Gasteiger partial charge in [-0.3, -0.25) is 4.98 Å². The van der Waals surface area contributed by atoms with Crippen molar-refractivity contribution in [2.24, 2.45) is 5.92 Å². The molecule has 0 spiro atoms. The average molecular weight is 239 g/mol. The topological polar surface area (TPSA) is 28.2 Å². The molecule has 0 radical (unpaired) electrons. The molecule has 1 atom stereocenters. The SMILES string of the molecule is CC(C)C(CN(C)C)NCc1cncc(F)c1. The van der Waals surface area contributed by atoms with Gasteiger partial charge in [0, 0.05) is 25.3 Å². The zero-order chi connectivity index (χ0) is 12.8. The second-order valence-corrected chi connectivity index (χ2v) is 5.01. The van der Waals surface area contributed by atoms with Gasteiger partial charge >= 0.3 is 0 Å². The lowest BCUT2D eigenvalue weighted by Crippen LogP contribution is -2.41. The number of halogens is 1. The van der Waals surface area contributed by atoms with E-state index in [9.17, 15) is 4.39 Å². The van der Waals surface area contributed by atoms with Crippen molar-refractivity contribution in [3.8, 4) is 0 Å². The van der Waals surface area contributed by atoms with Crippen molar-refractivity contribution in [3.63, 3.8) is 0 Å². The number of nitrogens with one attached hydrogen (secondary N) is 1. The first-order valence-corrected chi connectivity index (χ1v) is 5.96. The molecule has 1 unspecified atom stereocenters. The molecule has 1 heterocycles. The van der Waals surface area contributed by atoms with Crippen molar-refractivity contribution in [1.29, 1.82) is 0 Å². The Kier molecular flexibility index (Phi) is 5.51. The van der Waals surface area contributed by atoms with Gasteiger partial charge in [0.25, 0.3) is 0 Å². The molecule has 0 aliphatic carbocycles. The van der Waals surface area contributed by atoms with Gasteiger partial charge in [0.1, 0.15) is 5.82 Å². The van der Waals surface area contributed by atoms with E-state index in [4.69, 9.17) is 0 Å². The quantitative estimate of drug-likeness (QED) is 0.821. The molecule has 0 aliphatic rings. The largest absolute Gasteiger partial charge is 0.308 e. The van der Waals surface area contributed by atoms with Gasteiger partial charge in [-0.1, -0.05) is 13.8 Å². The first-order chi connectivity index (χ1) is 7.99. The molecule has 17 heavy (non-hydrogen) atoms. The summed E-state index contributed by atoms with van der Waals surface area (Å²) in [7, 11) is 4.11. The van der Waals surface area contributed by atoms with Crippen molar-refractivity contribution in [2.45, 2.75) is 26.4 Å². The van der Waals surface area contributed by atoms with Gasteiger partial charge in [-0.25, -0.2) is 4.39 Å². The molecule has 0 saturated carbocycles. The molecule has 96 valence electrons. The van der Waals surface area contributed by atoms with E-state index < -0.39 is 0 Å². The lowest BCUT2D eigenvalue weighted by Gasteiger charge is -2.25. The van der Waals surface area contributed by atoms with Crippen LogP contribution in [0.5, 0.6) is 0 Å². The Hall–Kier alpha value is -1.00. The molecule has 3 nitrogen and oxygen atoms in total. The molecule has 0 amide bonds. The van der Waals surface area contributed by atoms with Crippen LogP contribution in [0, 0.1) is 11.7 Å². The third kappa shape index (κ3) is 5.24. The molecule has 1 rings (SSSR count). The summed E-state index contributed by atoms with van der Waals surface area (Å²) in [4.78, 5) is 6.00. The minimum Gasteiger partial charge on any atom is -0.308 e. The molecular weight excluding hydrogens is 217 g/mol. The van der Waals surface area contributed by atoms with Crippen LogP contribution in [0.25, 0.3) is 0 Å². The Morgan fingerprint density at radius 3 is 2.59 bits per heavy atom. The average Bonchev–Trinajstić information content (AvgIpc) is 2.23. The van der Waals surface area contributed by atoms with Crippen molar-refractivity contribution in [3.05, 3.63) is 29.8 Å². The first-order valence-electron chi connectivity index (χ1n) is 5.96. The summed E-state index contributed by atoms with van der Waals surface area (Å²) in [6.45, 7) is 6.00. The summed E-state index contributed by atoms with van der Waals surface area (Å²) < 4.78 is 13.0. The highest BCUT2D eigenvalue weighted by Crippen LogP contribution is 2.06. The first kappa shape index (κ1) is 14.1. The summed E-state index contributed by atoms with van der Waals surface area (Å²) in [5.74, 6) is 0.261. The molecule has 0 fully saturated rings. The van der Waals surface area contributed by atoms with Gasteiger partial charge in [-0.05, 0) is 31.6 Å². The number of hydrogen-bond acceptors (Lipinski definition) is 3. The molecule has 0 aromatic carbocycles. The van der Waals surface area contributed by atoms with Gasteiger partial charge in [-0.15, -0.1) is 0 Å². The maximum absolute atomic E-state index is 13.0. The number of pyridine rings is 1. The predicted octanol–water partition coefficient (Wildman–Crippen LogP) is 1.90. The maximum atomic E-state index is 13.0. The minimum atomic E-state index is -0.280. The summed E-state index contributed by atoms with van der Waals surface area (Å²) in [5.41, 5.74) is 0.884. The van der Waals surface area contributed by atoms with E-state index in [0.717, 1.165) is 12.1 Å². The van der Waals surface area contributed by atoms with E-state index in [1.165, 1.54) is 12.3 Å². The molecule has 4 heteroatoms. The highest BCUT2D eigenvalue weighted by molar-refractivity contribution is 5.09. The maximum Gasteiger partial charge on any atom is 0.141 e. The Morgan fingerprint density at radius 2 is 2.06 bits per heavy atom. The lowest BCUT2D eigenvalue weighted by molar-refractivity contribution is 0.288. The number of rotatable bonds is 6. The smallest absolute Gasteiger partial charge is 0.141 e. The third-order valence-electron chi connectivity index (χ3n) is 2.70. The number of hydrogen-bond donors (Lipinski definition) is 1. The van der Waals surface area contributed by atoms with Crippen LogP contribution < -0.4 is 5.32 Å². The number of nitrogens with zero attached hydrogens (tertiary/aromatic N) is 2. The van der Waals surface area contributed by atoms with Gasteiger partial charge in [0.15, 0.2) is 0 Å². The zero-order valence-corrected chi connectivity index (χ0v) is 11.1. The Bertz CT molecular complexity index is 339. The summed E-state index contributed by atoms with van der Waals surface area (Å²) in [6.07, 6.45) is 2.92. The Labute approximate surface area is 103 Å². The summed E-state index contributed by atoms with van der Waals surface area (Å²) in [5, 5.41) is 3.45. The van der Waals surface area contributed by atoms with Crippen LogP contribution in [0.4, 0.5) is 4.39 Å². The summed E-state index contributed by atoms with van der Waals surface area (Å²) >= 11 is 0. The molecule has 0 saturated heterocycles. The fourth-order valence-corrected chi connectivity index (χ4v) is 1.71. The van der Waals surface area contributed by atoms with Crippen molar-refractivity contribution in [1.82, 2.24) is 15.2 Å². The van der Waals surface area contributed by atoms with Crippen LogP contribution in [0.2, 0.25) is 0 Å². The second kappa shape index (κ2) is 6.67. The fraction of sp³-hybridized carbons (Fsp3) is 0.615. The standard InChI is InChI=1S/C13H22FN3/c1-10(2)13(9-17(3)4)16-7-11-5-12(14)8-15-6-11/h5-6,8,10,13,16H,7,9H2,1-4H3. The highest BCUT2D eigenvalue weighted by Gasteiger charge is 2.13. The van der Waals surface area contributed by atoms with E-state index >= 15 is 0 Å². The van der Waals surface area contributed by atoms with Crippen LogP contribution >= 0.6 is 0 Å². The second-order valence-electron chi connectivity index (χ2n) is 5.01. The molecule has 1 aromatic heterocycles. The van der Waals surface area contributed by atoms with Crippen LogP contribution in [0.1, 0.15) is 19.4 Å². The lowest BCUT2D eigenvalue weighted by atomic mass is 10.0. The van der Waals surface area contributed by atoms with Crippen molar-refractivity contribution >= 4 is 0 Å². The van der Waals surface area contributed by atoms with Gasteiger partial charge in [0.05, 0.1) is 6.20 Å². The van der Waals surface area contributed by atoms with Gasteiger partial charge in [0.2, 0.25) is 0 Å².